The molecule has 30 heavy (non-hydrogen) atoms. The summed E-state index contributed by atoms with van der Waals surface area (Å²) in [5.74, 6) is 3.65. The molecule has 1 heterocycles. The van der Waals surface area contributed by atoms with Crippen LogP contribution in [0.3, 0.4) is 0 Å². The molecule has 2 N–H and O–H groups in total. The molecular formula is C24H19ClN2O3. The Kier molecular flexibility index (Phi) is 5.87. The molecule has 1 aromatic heterocycles. The second-order valence-corrected chi connectivity index (χ2v) is 7.37. The second kappa shape index (κ2) is 8.89. The van der Waals surface area contributed by atoms with E-state index in [4.69, 9.17) is 16.3 Å². The highest BCUT2D eigenvalue weighted by atomic mass is 35.5. The molecule has 5 nitrogen and oxygen atoms in total. The van der Waals surface area contributed by atoms with Crippen LogP contribution in [0.4, 0.5) is 5.69 Å². The number of nitrogens with one attached hydrogen (secondary N) is 1. The molecule has 150 valence electrons. The summed E-state index contributed by atoms with van der Waals surface area (Å²) in [5.41, 5.74) is 2.91. The number of carboxylic acid groups (broad SMARTS) is 1. The van der Waals surface area contributed by atoms with Gasteiger partial charge in [-0.2, -0.15) is 0 Å². The van der Waals surface area contributed by atoms with E-state index in [1.54, 1.807) is 6.07 Å². The number of para-hydroxylation sites is 1. The minimum absolute atomic E-state index is 0.0700. The van der Waals surface area contributed by atoms with Crippen LogP contribution in [0.2, 0.25) is 5.02 Å². The van der Waals surface area contributed by atoms with E-state index in [-0.39, 0.29) is 11.5 Å². The fourth-order valence-electron chi connectivity index (χ4n) is 3.53. The van der Waals surface area contributed by atoms with Gasteiger partial charge >= 0.3 is 5.97 Å². The summed E-state index contributed by atoms with van der Waals surface area (Å²) in [6, 6.07) is 17.8. The number of halogens is 1. The Bertz CT molecular complexity index is 1150. The molecule has 1 atom stereocenters. The van der Waals surface area contributed by atoms with Crippen LogP contribution in [0.25, 0.3) is 0 Å². The quantitative estimate of drug-likeness (QED) is 0.419. The Balaban J connectivity index is 1.52. The zero-order chi connectivity index (χ0) is 20.9. The third kappa shape index (κ3) is 4.40. The molecule has 0 bridgehead atoms. The highest BCUT2D eigenvalue weighted by Crippen LogP contribution is 2.35. The first kappa shape index (κ1) is 19.8. The van der Waals surface area contributed by atoms with Gasteiger partial charge in [0.1, 0.15) is 11.5 Å². The molecule has 6 heteroatoms. The van der Waals surface area contributed by atoms with Gasteiger partial charge in [0.2, 0.25) is 0 Å². The van der Waals surface area contributed by atoms with Crippen LogP contribution < -0.4 is 10.1 Å². The molecule has 0 saturated heterocycles. The fourth-order valence-corrected chi connectivity index (χ4v) is 3.70. The minimum Gasteiger partial charge on any atom is -0.478 e. The Morgan fingerprint density at radius 2 is 2.10 bits per heavy atom. The molecule has 0 radical (unpaired) electrons. The van der Waals surface area contributed by atoms with E-state index < -0.39 is 5.97 Å². The lowest BCUT2D eigenvalue weighted by Gasteiger charge is -2.22. The standard InChI is InChI=1S/C24H19ClN2O3/c25-21-6-1-2-7-23(21)30-18-8-9-19-16(4-3-5-17(19)14-18)10-13-27-22-15-26-12-11-20(22)24(28)29/h1-2,6-9,11-12,14-16,27H,3-5H2,(H,28,29). The van der Waals surface area contributed by atoms with Crippen LogP contribution in [-0.4, -0.2) is 16.1 Å². The van der Waals surface area contributed by atoms with Crippen LogP contribution in [0.1, 0.15) is 40.2 Å². The van der Waals surface area contributed by atoms with Crippen molar-refractivity contribution in [1.82, 2.24) is 4.98 Å². The zero-order valence-corrected chi connectivity index (χ0v) is 16.8. The maximum atomic E-state index is 11.3. The summed E-state index contributed by atoms with van der Waals surface area (Å²) in [6.07, 6.45) is 5.85. The number of hydrogen-bond acceptors (Lipinski definition) is 4. The van der Waals surface area contributed by atoms with Crippen molar-refractivity contribution in [2.24, 2.45) is 0 Å². The van der Waals surface area contributed by atoms with Gasteiger partial charge in [-0.15, -0.1) is 0 Å². The summed E-state index contributed by atoms with van der Waals surface area (Å²) >= 11 is 6.19. The van der Waals surface area contributed by atoms with E-state index in [2.05, 4.69) is 22.3 Å². The number of carboxylic acids is 1. The summed E-state index contributed by atoms with van der Waals surface area (Å²) < 4.78 is 5.94. The topological polar surface area (TPSA) is 71.5 Å². The van der Waals surface area contributed by atoms with Gasteiger partial charge in [-0.05, 0) is 60.7 Å². The number of hydrogen-bond donors (Lipinski definition) is 2. The van der Waals surface area contributed by atoms with Gasteiger partial charge in [0.05, 0.1) is 22.5 Å². The monoisotopic (exact) mass is 418 g/mol. The Morgan fingerprint density at radius 3 is 2.93 bits per heavy atom. The van der Waals surface area contributed by atoms with Crippen molar-refractivity contribution in [1.29, 1.82) is 0 Å². The third-order valence-electron chi connectivity index (χ3n) is 4.99. The largest absolute Gasteiger partial charge is 0.478 e. The number of nitrogens with zero attached hydrogens (tertiary/aromatic N) is 1. The lowest BCUT2D eigenvalue weighted by Crippen LogP contribution is -2.09. The number of aryl methyl sites for hydroxylation is 1. The molecule has 1 aliphatic carbocycles. The fraction of sp³-hybridized carbons (Fsp3) is 0.167. The molecule has 1 unspecified atom stereocenters. The SMILES string of the molecule is O=C(O)c1ccncc1NC#CC1CCCc2cc(Oc3ccccc3Cl)ccc21. The number of carbonyl (C=O) groups is 1. The normalized spacial score (nSPS) is 14.8. The van der Waals surface area contributed by atoms with Crippen molar-refractivity contribution in [3.63, 3.8) is 0 Å². The van der Waals surface area contributed by atoms with Crippen molar-refractivity contribution in [2.45, 2.75) is 25.2 Å². The average Bonchev–Trinajstić information content (AvgIpc) is 2.75. The summed E-state index contributed by atoms with van der Waals surface area (Å²) in [7, 11) is 0. The molecule has 0 fully saturated rings. The number of aromatic carboxylic acids is 1. The number of benzene rings is 2. The van der Waals surface area contributed by atoms with Crippen molar-refractivity contribution in [3.8, 4) is 23.5 Å². The van der Waals surface area contributed by atoms with Gasteiger partial charge in [-0.3, -0.25) is 4.98 Å². The molecule has 2 aromatic carbocycles. The Morgan fingerprint density at radius 1 is 1.23 bits per heavy atom. The lowest BCUT2D eigenvalue weighted by molar-refractivity contribution is 0.0698. The van der Waals surface area contributed by atoms with E-state index in [1.807, 2.05) is 36.4 Å². The summed E-state index contributed by atoms with van der Waals surface area (Å²) in [6.45, 7) is 0. The van der Waals surface area contributed by atoms with Gasteiger partial charge in [-0.25, -0.2) is 4.79 Å². The van der Waals surface area contributed by atoms with Crippen LogP contribution >= 0.6 is 11.6 Å². The first-order valence-electron chi connectivity index (χ1n) is 9.61. The summed E-state index contributed by atoms with van der Waals surface area (Å²) in [4.78, 5) is 15.3. The number of anilines is 1. The van der Waals surface area contributed by atoms with Gasteiger partial charge in [0, 0.05) is 18.2 Å². The van der Waals surface area contributed by atoms with E-state index in [1.165, 1.54) is 29.6 Å². The number of pyridine rings is 1. The molecule has 0 saturated carbocycles. The highest BCUT2D eigenvalue weighted by molar-refractivity contribution is 6.32. The average molecular weight is 419 g/mol. The summed E-state index contributed by atoms with van der Waals surface area (Å²) in [5, 5.41) is 12.7. The van der Waals surface area contributed by atoms with E-state index in [9.17, 15) is 9.90 Å². The molecule has 1 aliphatic rings. The third-order valence-corrected chi connectivity index (χ3v) is 5.30. The lowest BCUT2D eigenvalue weighted by atomic mass is 9.83. The van der Waals surface area contributed by atoms with Gasteiger partial charge < -0.3 is 15.2 Å². The molecule has 0 spiro atoms. The predicted octanol–water partition coefficient (Wildman–Crippen LogP) is 5.72. The van der Waals surface area contributed by atoms with E-state index in [0.717, 1.165) is 25.0 Å². The van der Waals surface area contributed by atoms with E-state index in [0.29, 0.717) is 16.5 Å². The molecule has 4 rings (SSSR count). The number of ether oxygens (including phenoxy) is 1. The Labute approximate surface area is 179 Å². The molecule has 0 amide bonds. The molecule has 0 aliphatic heterocycles. The van der Waals surface area contributed by atoms with Crippen LogP contribution in [0.15, 0.2) is 60.9 Å². The van der Waals surface area contributed by atoms with E-state index >= 15 is 0 Å². The van der Waals surface area contributed by atoms with Gasteiger partial charge in [-0.1, -0.05) is 35.7 Å². The minimum atomic E-state index is -1.02. The number of fused-ring (bicyclic) bond motifs is 1. The van der Waals surface area contributed by atoms with Crippen LogP contribution in [-0.2, 0) is 6.42 Å². The molecule has 3 aromatic rings. The smallest absolute Gasteiger partial charge is 0.337 e. The van der Waals surface area contributed by atoms with Crippen molar-refractivity contribution >= 4 is 23.3 Å². The Hall–Kier alpha value is -3.49. The number of aromatic nitrogens is 1. The van der Waals surface area contributed by atoms with Crippen LogP contribution in [0, 0.1) is 12.0 Å². The van der Waals surface area contributed by atoms with Crippen LogP contribution in [0.5, 0.6) is 11.5 Å². The van der Waals surface area contributed by atoms with Crippen molar-refractivity contribution in [3.05, 3.63) is 82.6 Å². The number of rotatable bonds is 4. The van der Waals surface area contributed by atoms with Crippen molar-refractivity contribution < 1.29 is 14.6 Å². The maximum Gasteiger partial charge on any atom is 0.337 e. The highest BCUT2D eigenvalue weighted by Gasteiger charge is 2.19. The van der Waals surface area contributed by atoms with Crippen molar-refractivity contribution in [2.75, 3.05) is 5.32 Å². The first-order chi connectivity index (χ1) is 14.6. The predicted molar refractivity (Wildman–Crippen MR) is 116 cm³/mol. The maximum absolute atomic E-state index is 11.3. The zero-order valence-electron chi connectivity index (χ0n) is 16.1. The van der Waals surface area contributed by atoms with Gasteiger partial charge in [0.15, 0.2) is 0 Å². The first-order valence-corrected chi connectivity index (χ1v) is 9.98. The van der Waals surface area contributed by atoms with Gasteiger partial charge in [0.25, 0.3) is 0 Å². The second-order valence-electron chi connectivity index (χ2n) is 6.96. The molecular weight excluding hydrogens is 400 g/mol.